The van der Waals surface area contributed by atoms with Crippen molar-refractivity contribution in [1.82, 2.24) is 5.32 Å². The molecular formula is C14H20N2O. The number of hydrogen-bond acceptors (Lipinski definition) is 2. The number of hydrogen-bond donors (Lipinski definition) is 2. The van der Waals surface area contributed by atoms with Gasteiger partial charge in [0.2, 0.25) is 0 Å². The zero-order valence-electron chi connectivity index (χ0n) is 10.3. The average Bonchev–Trinajstić information content (AvgIpc) is 2.33. The van der Waals surface area contributed by atoms with Crippen LogP contribution in [0.15, 0.2) is 24.3 Å². The van der Waals surface area contributed by atoms with Crippen LogP contribution in [0, 0.1) is 6.92 Å². The maximum Gasteiger partial charge on any atom is 0.251 e. The Morgan fingerprint density at radius 3 is 2.53 bits per heavy atom. The van der Waals surface area contributed by atoms with Gasteiger partial charge in [-0.05, 0) is 31.9 Å². The highest BCUT2D eigenvalue weighted by atomic mass is 16.1. The molecule has 1 aromatic carbocycles. The third-order valence-electron chi connectivity index (χ3n) is 3.45. The van der Waals surface area contributed by atoms with Gasteiger partial charge in [-0.3, -0.25) is 4.79 Å². The molecule has 1 saturated carbocycles. The normalized spacial score (nSPS) is 24.4. The van der Waals surface area contributed by atoms with E-state index in [1.54, 1.807) is 0 Å². The number of carbonyl (C=O) groups excluding carboxylic acids is 1. The van der Waals surface area contributed by atoms with Crippen LogP contribution in [0.4, 0.5) is 0 Å². The summed E-state index contributed by atoms with van der Waals surface area (Å²) in [6.45, 7) is 2.01. The van der Waals surface area contributed by atoms with Crippen LogP contribution in [-0.2, 0) is 0 Å². The molecule has 1 aromatic rings. The van der Waals surface area contributed by atoms with E-state index in [-0.39, 0.29) is 18.0 Å². The Morgan fingerprint density at radius 2 is 1.88 bits per heavy atom. The van der Waals surface area contributed by atoms with E-state index in [2.05, 4.69) is 5.32 Å². The van der Waals surface area contributed by atoms with Crippen molar-refractivity contribution < 1.29 is 4.79 Å². The van der Waals surface area contributed by atoms with Crippen molar-refractivity contribution in [2.24, 2.45) is 5.73 Å². The van der Waals surface area contributed by atoms with Gasteiger partial charge in [0.15, 0.2) is 0 Å². The van der Waals surface area contributed by atoms with Gasteiger partial charge < -0.3 is 11.1 Å². The zero-order valence-corrected chi connectivity index (χ0v) is 10.3. The first-order chi connectivity index (χ1) is 8.16. The molecule has 3 heteroatoms. The Hall–Kier alpha value is -1.35. The molecule has 3 N–H and O–H groups in total. The molecular weight excluding hydrogens is 212 g/mol. The molecule has 17 heavy (non-hydrogen) atoms. The van der Waals surface area contributed by atoms with E-state index in [4.69, 9.17) is 5.73 Å². The zero-order chi connectivity index (χ0) is 12.3. The first-order valence-corrected chi connectivity index (χ1v) is 6.30. The van der Waals surface area contributed by atoms with E-state index in [9.17, 15) is 4.79 Å². The molecule has 1 aliphatic rings. The van der Waals surface area contributed by atoms with Crippen molar-refractivity contribution in [2.75, 3.05) is 0 Å². The predicted octanol–water partition coefficient (Wildman–Crippen LogP) is 1.99. The molecule has 2 rings (SSSR count). The highest BCUT2D eigenvalue weighted by molar-refractivity contribution is 5.94. The molecule has 0 aliphatic heterocycles. The first-order valence-electron chi connectivity index (χ1n) is 6.30. The number of aryl methyl sites for hydroxylation is 1. The van der Waals surface area contributed by atoms with Crippen molar-refractivity contribution in [1.29, 1.82) is 0 Å². The molecule has 0 unspecified atom stereocenters. The minimum atomic E-state index is -0.00708. The second-order valence-corrected chi connectivity index (χ2v) is 4.89. The van der Waals surface area contributed by atoms with Crippen LogP contribution < -0.4 is 11.1 Å². The van der Waals surface area contributed by atoms with Gasteiger partial charge in [0.05, 0.1) is 0 Å². The summed E-state index contributed by atoms with van der Waals surface area (Å²) in [5, 5.41) is 3.04. The summed E-state index contributed by atoms with van der Waals surface area (Å²) >= 11 is 0. The second-order valence-electron chi connectivity index (χ2n) is 4.89. The van der Waals surface area contributed by atoms with Gasteiger partial charge >= 0.3 is 0 Å². The second kappa shape index (κ2) is 5.32. The van der Waals surface area contributed by atoms with Crippen LogP contribution in [0.25, 0.3) is 0 Å². The molecule has 2 atom stereocenters. The number of amides is 1. The minimum absolute atomic E-state index is 0.00708. The summed E-state index contributed by atoms with van der Waals surface area (Å²) in [6, 6.07) is 7.87. The molecule has 1 amide bonds. The highest BCUT2D eigenvalue weighted by Crippen LogP contribution is 2.17. The topological polar surface area (TPSA) is 55.1 Å². The fourth-order valence-corrected chi connectivity index (χ4v) is 2.30. The molecule has 92 valence electrons. The van der Waals surface area contributed by atoms with E-state index < -0.39 is 0 Å². The average molecular weight is 232 g/mol. The smallest absolute Gasteiger partial charge is 0.251 e. The molecule has 3 nitrogen and oxygen atoms in total. The molecule has 1 aliphatic carbocycles. The Bertz CT molecular complexity index is 386. The lowest BCUT2D eigenvalue weighted by Crippen LogP contribution is -2.49. The minimum Gasteiger partial charge on any atom is -0.348 e. The number of carbonyl (C=O) groups is 1. The van der Waals surface area contributed by atoms with Crippen molar-refractivity contribution in [3.63, 3.8) is 0 Å². The summed E-state index contributed by atoms with van der Waals surface area (Å²) in [6.07, 6.45) is 4.35. The third kappa shape index (κ3) is 3.07. The van der Waals surface area contributed by atoms with Crippen LogP contribution in [0.5, 0.6) is 0 Å². The maximum absolute atomic E-state index is 12.0. The number of rotatable bonds is 2. The largest absolute Gasteiger partial charge is 0.348 e. The Kier molecular flexibility index (Phi) is 3.79. The van der Waals surface area contributed by atoms with Crippen molar-refractivity contribution in [2.45, 2.75) is 44.7 Å². The monoisotopic (exact) mass is 232 g/mol. The van der Waals surface area contributed by atoms with Gasteiger partial charge in [-0.1, -0.05) is 30.5 Å². The predicted molar refractivity (Wildman–Crippen MR) is 68.9 cm³/mol. The van der Waals surface area contributed by atoms with Crippen molar-refractivity contribution in [3.8, 4) is 0 Å². The van der Waals surface area contributed by atoms with Crippen LogP contribution in [0.2, 0.25) is 0 Å². The first kappa shape index (κ1) is 12.1. The van der Waals surface area contributed by atoms with Crippen LogP contribution in [-0.4, -0.2) is 18.0 Å². The van der Waals surface area contributed by atoms with Crippen LogP contribution >= 0.6 is 0 Å². The SMILES string of the molecule is Cc1ccc(C(=O)N[C@@H]2CCCC[C@H]2N)cc1. The molecule has 0 bridgehead atoms. The van der Waals surface area contributed by atoms with Crippen molar-refractivity contribution >= 4 is 5.91 Å². The van der Waals surface area contributed by atoms with E-state index in [0.717, 1.165) is 24.8 Å². The van der Waals surface area contributed by atoms with E-state index in [1.807, 2.05) is 31.2 Å². The molecule has 1 fully saturated rings. The number of benzene rings is 1. The fourth-order valence-electron chi connectivity index (χ4n) is 2.30. The van der Waals surface area contributed by atoms with E-state index in [1.165, 1.54) is 6.42 Å². The Labute approximate surface area is 102 Å². The molecule has 0 spiro atoms. The summed E-state index contributed by atoms with van der Waals surface area (Å²) in [5.74, 6) is -0.00708. The van der Waals surface area contributed by atoms with Gasteiger partial charge in [-0.25, -0.2) is 0 Å². The fraction of sp³-hybridized carbons (Fsp3) is 0.500. The summed E-state index contributed by atoms with van der Waals surface area (Å²) < 4.78 is 0. The molecule has 0 aromatic heterocycles. The maximum atomic E-state index is 12.0. The van der Waals surface area contributed by atoms with Crippen LogP contribution in [0.1, 0.15) is 41.6 Å². The van der Waals surface area contributed by atoms with Gasteiger partial charge in [-0.2, -0.15) is 0 Å². The third-order valence-corrected chi connectivity index (χ3v) is 3.45. The molecule has 0 heterocycles. The summed E-state index contributed by atoms with van der Waals surface area (Å²) in [7, 11) is 0. The quantitative estimate of drug-likeness (QED) is 0.819. The number of nitrogens with two attached hydrogens (primary N) is 1. The summed E-state index contributed by atoms with van der Waals surface area (Å²) in [4.78, 5) is 12.0. The standard InChI is InChI=1S/C14H20N2O/c1-10-6-8-11(9-7-10)14(17)16-13-5-3-2-4-12(13)15/h6-9,12-13H,2-5,15H2,1H3,(H,16,17)/t12-,13-/m1/s1. The highest BCUT2D eigenvalue weighted by Gasteiger charge is 2.23. The Morgan fingerprint density at radius 1 is 1.24 bits per heavy atom. The van der Waals surface area contributed by atoms with Gasteiger partial charge in [0.1, 0.15) is 0 Å². The van der Waals surface area contributed by atoms with Gasteiger partial charge in [-0.15, -0.1) is 0 Å². The molecule has 0 radical (unpaired) electrons. The van der Waals surface area contributed by atoms with Crippen molar-refractivity contribution in [3.05, 3.63) is 35.4 Å². The van der Waals surface area contributed by atoms with E-state index in [0.29, 0.717) is 5.56 Å². The number of nitrogens with one attached hydrogen (secondary N) is 1. The van der Waals surface area contributed by atoms with Gasteiger partial charge in [0.25, 0.3) is 5.91 Å². The lowest BCUT2D eigenvalue weighted by molar-refractivity contribution is 0.0921. The van der Waals surface area contributed by atoms with Crippen LogP contribution in [0.3, 0.4) is 0 Å². The Balaban J connectivity index is 1.98. The van der Waals surface area contributed by atoms with Gasteiger partial charge in [0, 0.05) is 17.6 Å². The van der Waals surface area contributed by atoms with E-state index >= 15 is 0 Å². The summed E-state index contributed by atoms with van der Waals surface area (Å²) in [5.41, 5.74) is 7.89. The molecule has 0 saturated heterocycles. The lowest BCUT2D eigenvalue weighted by atomic mass is 9.91. The lowest BCUT2D eigenvalue weighted by Gasteiger charge is -2.29.